The second-order valence-corrected chi connectivity index (χ2v) is 7.81. The molecule has 0 aromatic heterocycles. The van der Waals surface area contributed by atoms with Crippen LogP contribution in [0.4, 0.5) is 21.9 Å². The summed E-state index contributed by atoms with van der Waals surface area (Å²) in [6, 6.07) is 22.7. The van der Waals surface area contributed by atoms with Crippen LogP contribution in [0.5, 0.6) is 5.75 Å². The Morgan fingerprint density at radius 3 is 2.35 bits per heavy atom. The van der Waals surface area contributed by atoms with E-state index >= 15 is 0 Å². The van der Waals surface area contributed by atoms with E-state index in [0.717, 1.165) is 0 Å². The maximum atomic E-state index is 12.8. The van der Waals surface area contributed by atoms with E-state index in [-0.39, 0.29) is 13.2 Å². The van der Waals surface area contributed by atoms with E-state index in [1.54, 1.807) is 79.7 Å². The van der Waals surface area contributed by atoms with E-state index in [0.29, 0.717) is 35.0 Å². The highest BCUT2D eigenvalue weighted by Crippen LogP contribution is 2.28. The molecule has 0 fully saturated rings. The van der Waals surface area contributed by atoms with Crippen molar-refractivity contribution in [2.75, 3.05) is 36.2 Å². The van der Waals surface area contributed by atoms with Crippen LogP contribution in [0.15, 0.2) is 91.0 Å². The number of rotatable bonds is 12. The summed E-state index contributed by atoms with van der Waals surface area (Å²) in [6.45, 7) is 2.16. The van der Waals surface area contributed by atoms with Crippen LogP contribution in [0.25, 0.3) is 0 Å². The van der Waals surface area contributed by atoms with Gasteiger partial charge in [0.1, 0.15) is 18.5 Å². The molecule has 9 heteroatoms. The van der Waals surface area contributed by atoms with Crippen molar-refractivity contribution < 1.29 is 28.9 Å². The molecule has 0 aliphatic carbocycles. The molecule has 0 saturated heterocycles. The number of ether oxygens (including phenoxy) is 3. The van der Waals surface area contributed by atoms with Crippen LogP contribution in [-0.2, 0) is 14.3 Å². The number of hydrogen-bond donors (Lipinski definition) is 4. The lowest BCUT2D eigenvalue weighted by Crippen LogP contribution is -2.28. The molecule has 0 saturated carbocycles. The van der Waals surface area contributed by atoms with E-state index in [9.17, 15) is 9.59 Å². The molecule has 3 aromatic rings. The van der Waals surface area contributed by atoms with E-state index < -0.39 is 24.2 Å². The highest BCUT2D eigenvalue weighted by Gasteiger charge is 2.26. The van der Waals surface area contributed by atoms with Gasteiger partial charge in [0, 0.05) is 18.4 Å². The van der Waals surface area contributed by atoms with Crippen LogP contribution in [0, 0.1) is 0 Å². The molecule has 0 heterocycles. The molecule has 3 aromatic carbocycles. The number of benzene rings is 3. The largest absolute Gasteiger partial charge is 0.491 e. The summed E-state index contributed by atoms with van der Waals surface area (Å²) in [5.74, 6) is 0.136. The number of anilines is 3. The number of hydrogen-bond acceptors (Lipinski definition) is 7. The molecule has 2 amide bonds. The Hall–Kier alpha value is -4.34. The second kappa shape index (κ2) is 14.3. The van der Waals surface area contributed by atoms with Gasteiger partial charge in [-0.2, -0.15) is 0 Å². The SMILES string of the molecule is CCO[C@@H](/C=C/C(=O)Nc1ccccc1N)[C@@H](OC(=O)Nc1ccccc1)c1ccc(OCCO)cc1. The molecule has 0 spiro atoms. The lowest BCUT2D eigenvalue weighted by atomic mass is 10.0. The zero-order valence-corrected chi connectivity index (χ0v) is 20.5. The quantitative estimate of drug-likeness (QED) is 0.210. The van der Waals surface area contributed by atoms with Crippen molar-refractivity contribution in [1.29, 1.82) is 0 Å². The van der Waals surface area contributed by atoms with Crippen LogP contribution < -0.4 is 21.1 Å². The number of nitrogen functional groups attached to an aromatic ring is 1. The Labute approximate surface area is 215 Å². The van der Waals surface area contributed by atoms with Crippen LogP contribution >= 0.6 is 0 Å². The van der Waals surface area contributed by atoms with Crippen molar-refractivity contribution >= 4 is 29.1 Å². The number of para-hydroxylation sites is 3. The highest BCUT2D eigenvalue weighted by atomic mass is 16.6. The summed E-state index contributed by atoms with van der Waals surface area (Å²) in [7, 11) is 0. The van der Waals surface area contributed by atoms with Crippen molar-refractivity contribution in [2.45, 2.75) is 19.1 Å². The number of nitrogens with two attached hydrogens (primary N) is 1. The second-order valence-electron chi connectivity index (χ2n) is 7.81. The van der Waals surface area contributed by atoms with Gasteiger partial charge in [-0.25, -0.2) is 4.79 Å². The Kier molecular flexibility index (Phi) is 10.5. The predicted molar refractivity (Wildman–Crippen MR) is 142 cm³/mol. The van der Waals surface area contributed by atoms with Crippen molar-refractivity contribution in [3.63, 3.8) is 0 Å². The lowest BCUT2D eigenvalue weighted by Gasteiger charge is -2.25. The van der Waals surface area contributed by atoms with E-state index in [1.807, 2.05) is 6.07 Å². The average Bonchev–Trinajstić information content (AvgIpc) is 2.91. The van der Waals surface area contributed by atoms with Crippen molar-refractivity contribution in [1.82, 2.24) is 0 Å². The molecule has 5 N–H and O–H groups in total. The first kappa shape index (κ1) is 27.3. The molecular weight excluding hydrogens is 474 g/mol. The van der Waals surface area contributed by atoms with Gasteiger partial charge in [-0.1, -0.05) is 42.5 Å². The van der Waals surface area contributed by atoms with Gasteiger partial charge in [0.05, 0.1) is 18.0 Å². The van der Waals surface area contributed by atoms with E-state index in [4.69, 9.17) is 25.1 Å². The van der Waals surface area contributed by atoms with Crippen molar-refractivity contribution in [3.8, 4) is 5.75 Å². The average molecular weight is 506 g/mol. The topological polar surface area (TPSA) is 132 Å². The predicted octanol–water partition coefficient (Wildman–Crippen LogP) is 4.53. The minimum Gasteiger partial charge on any atom is -0.491 e. The molecule has 2 atom stereocenters. The fourth-order valence-electron chi connectivity index (χ4n) is 3.43. The summed E-state index contributed by atoms with van der Waals surface area (Å²) < 4.78 is 17.1. The van der Waals surface area contributed by atoms with Crippen LogP contribution in [-0.4, -0.2) is 43.0 Å². The van der Waals surface area contributed by atoms with E-state index in [1.165, 1.54) is 12.2 Å². The van der Waals surface area contributed by atoms with Gasteiger partial charge < -0.3 is 30.4 Å². The molecule has 0 unspecified atom stereocenters. The first-order valence-electron chi connectivity index (χ1n) is 11.8. The number of carbonyl (C=O) groups excluding carboxylic acids is 2. The fraction of sp³-hybridized carbons (Fsp3) is 0.214. The molecule has 37 heavy (non-hydrogen) atoms. The van der Waals surface area contributed by atoms with Gasteiger partial charge in [0.15, 0.2) is 6.10 Å². The molecule has 0 bridgehead atoms. The summed E-state index contributed by atoms with van der Waals surface area (Å²) in [5, 5.41) is 14.4. The van der Waals surface area contributed by atoms with Gasteiger partial charge in [0.2, 0.25) is 5.91 Å². The molecule has 0 aliphatic heterocycles. The first-order chi connectivity index (χ1) is 18.0. The maximum absolute atomic E-state index is 12.8. The van der Waals surface area contributed by atoms with Crippen LogP contribution in [0.1, 0.15) is 18.6 Å². The Balaban J connectivity index is 1.82. The molecule has 0 radical (unpaired) electrons. The Morgan fingerprint density at radius 2 is 1.68 bits per heavy atom. The summed E-state index contributed by atoms with van der Waals surface area (Å²) in [6.07, 6.45) is 0.498. The number of aliphatic hydroxyl groups is 1. The van der Waals surface area contributed by atoms with Crippen LogP contribution in [0.2, 0.25) is 0 Å². The third-order valence-corrected chi connectivity index (χ3v) is 5.14. The van der Waals surface area contributed by atoms with Gasteiger partial charge in [-0.15, -0.1) is 0 Å². The molecule has 3 rings (SSSR count). The van der Waals surface area contributed by atoms with Gasteiger partial charge >= 0.3 is 6.09 Å². The lowest BCUT2D eigenvalue weighted by molar-refractivity contribution is -0.112. The number of carbonyl (C=O) groups is 2. The van der Waals surface area contributed by atoms with E-state index in [2.05, 4.69) is 10.6 Å². The summed E-state index contributed by atoms with van der Waals surface area (Å²) >= 11 is 0. The smallest absolute Gasteiger partial charge is 0.412 e. The Bertz CT molecular complexity index is 1170. The molecular formula is C28H31N3O6. The third-order valence-electron chi connectivity index (χ3n) is 5.14. The number of nitrogens with one attached hydrogen (secondary N) is 2. The van der Waals surface area contributed by atoms with Gasteiger partial charge in [-0.05, 0) is 55.0 Å². The number of aliphatic hydroxyl groups excluding tert-OH is 1. The molecule has 194 valence electrons. The fourth-order valence-corrected chi connectivity index (χ4v) is 3.43. The zero-order chi connectivity index (χ0) is 26.5. The summed E-state index contributed by atoms with van der Waals surface area (Å²) in [5.41, 5.74) is 8.02. The van der Waals surface area contributed by atoms with Gasteiger partial charge in [-0.3, -0.25) is 10.1 Å². The van der Waals surface area contributed by atoms with Crippen molar-refractivity contribution in [3.05, 3.63) is 96.6 Å². The van der Waals surface area contributed by atoms with Gasteiger partial charge in [0.25, 0.3) is 0 Å². The first-order valence-corrected chi connectivity index (χ1v) is 11.8. The highest BCUT2D eigenvalue weighted by molar-refractivity contribution is 6.01. The monoisotopic (exact) mass is 505 g/mol. The zero-order valence-electron chi connectivity index (χ0n) is 20.5. The number of amides is 2. The normalized spacial score (nSPS) is 12.5. The minimum absolute atomic E-state index is 0.110. The maximum Gasteiger partial charge on any atom is 0.412 e. The third kappa shape index (κ3) is 8.68. The minimum atomic E-state index is -0.888. The van der Waals surface area contributed by atoms with Crippen LogP contribution in [0.3, 0.4) is 0 Å². The molecule has 9 nitrogen and oxygen atoms in total. The van der Waals surface area contributed by atoms with Crippen molar-refractivity contribution in [2.24, 2.45) is 0 Å². The molecule has 0 aliphatic rings. The summed E-state index contributed by atoms with van der Waals surface area (Å²) in [4.78, 5) is 25.3. The Morgan fingerprint density at radius 1 is 0.973 bits per heavy atom. The standard InChI is InChI=1S/C28H31N3O6/c1-2-35-25(16-17-26(33)31-24-11-7-6-10-23(24)29)27(20-12-14-22(15-13-20)36-19-18-32)37-28(34)30-21-8-4-3-5-9-21/h3-17,25,27,32H,2,18-19,29H2,1H3,(H,30,34)(H,31,33)/b17-16+/t25-,27-/m0/s1.